The Labute approximate surface area is 225 Å². The quantitative estimate of drug-likeness (QED) is 0.306. The Kier molecular flexibility index (Phi) is 9.23. The molecule has 1 atom stereocenters. The molecule has 0 fully saturated rings. The van der Waals surface area contributed by atoms with Gasteiger partial charge in [-0.1, -0.05) is 30.3 Å². The van der Waals surface area contributed by atoms with E-state index in [4.69, 9.17) is 33.6 Å². The summed E-state index contributed by atoms with van der Waals surface area (Å²) in [5.74, 6) is 0.331. The third-order valence-corrected chi connectivity index (χ3v) is 6.62. The zero-order chi connectivity index (χ0) is 28.0. The van der Waals surface area contributed by atoms with E-state index in [-0.39, 0.29) is 36.0 Å². The van der Waals surface area contributed by atoms with Crippen molar-refractivity contribution in [2.45, 2.75) is 18.5 Å². The molecule has 0 bridgehead atoms. The summed E-state index contributed by atoms with van der Waals surface area (Å²) in [5.41, 5.74) is 2.42. The average molecular weight is 566 g/mol. The minimum absolute atomic E-state index is 0.0763. The largest absolute Gasteiger partial charge is 0.497 e. The number of ether oxygens (including phenoxy) is 6. The number of hydrogen-bond donors (Lipinski definition) is 1. The molecule has 0 amide bonds. The van der Waals surface area contributed by atoms with Crippen molar-refractivity contribution >= 4 is 10.0 Å². The molecule has 3 aromatic rings. The van der Waals surface area contributed by atoms with Gasteiger partial charge in [-0.25, -0.2) is 13.6 Å². The molecule has 0 spiro atoms. The van der Waals surface area contributed by atoms with Crippen LogP contribution >= 0.6 is 0 Å². The number of sulfonamides is 1. The molecule has 3 aromatic carbocycles. The highest BCUT2D eigenvalue weighted by molar-refractivity contribution is 7.88. The summed E-state index contributed by atoms with van der Waals surface area (Å²) in [4.78, 5) is 0. The maximum atomic E-state index is 13.6. The van der Waals surface area contributed by atoms with Gasteiger partial charge in [-0.05, 0) is 35.4 Å². The lowest BCUT2D eigenvalue weighted by Crippen LogP contribution is -2.19. The maximum Gasteiger partial charge on any atom is 0.387 e. The average Bonchev–Trinajstić information content (AvgIpc) is 2.89. The lowest BCUT2D eigenvalue weighted by Gasteiger charge is -2.31. The van der Waals surface area contributed by atoms with Crippen molar-refractivity contribution < 1.29 is 45.6 Å². The fraction of sp³-hybridized carbons (Fsp3) is 0.333. The van der Waals surface area contributed by atoms with Gasteiger partial charge in [-0.15, -0.1) is 0 Å². The third-order valence-electron chi connectivity index (χ3n) is 5.88. The van der Waals surface area contributed by atoms with Crippen LogP contribution in [0.5, 0.6) is 23.0 Å². The summed E-state index contributed by atoms with van der Waals surface area (Å²) in [6.45, 7) is -2.09. The highest BCUT2D eigenvalue weighted by Crippen LogP contribution is 2.52. The molecule has 0 saturated heterocycles. The van der Waals surface area contributed by atoms with Crippen LogP contribution in [0.1, 0.15) is 22.8 Å². The minimum atomic E-state index is -3.83. The lowest BCUT2D eigenvalue weighted by molar-refractivity contribution is -0.0515. The predicted molar refractivity (Wildman–Crippen MR) is 139 cm³/mol. The van der Waals surface area contributed by atoms with Crippen LogP contribution in [0.15, 0.2) is 54.6 Å². The van der Waals surface area contributed by atoms with Gasteiger partial charge < -0.3 is 28.4 Å². The Hall–Kier alpha value is -3.45. The number of hydrogen-bond acceptors (Lipinski definition) is 8. The molecule has 9 nitrogen and oxygen atoms in total. The molecule has 4 rings (SSSR count). The molecule has 210 valence electrons. The van der Waals surface area contributed by atoms with E-state index in [9.17, 15) is 17.2 Å². The van der Waals surface area contributed by atoms with Crippen LogP contribution in [-0.4, -0.2) is 55.7 Å². The molecule has 1 aliphatic rings. The highest BCUT2D eigenvalue weighted by atomic mass is 32.2. The zero-order valence-electron chi connectivity index (χ0n) is 21.4. The van der Waals surface area contributed by atoms with E-state index in [1.165, 1.54) is 13.2 Å². The van der Waals surface area contributed by atoms with Gasteiger partial charge in [0, 0.05) is 18.2 Å². The number of primary sulfonamides is 1. The highest BCUT2D eigenvalue weighted by Gasteiger charge is 2.33. The summed E-state index contributed by atoms with van der Waals surface area (Å²) >= 11 is 0. The van der Waals surface area contributed by atoms with Crippen LogP contribution in [0.25, 0.3) is 11.1 Å². The van der Waals surface area contributed by atoms with Crippen molar-refractivity contribution in [3.05, 3.63) is 71.3 Å². The fourth-order valence-electron chi connectivity index (χ4n) is 4.29. The van der Waals surface area contributed by atoms with Gasteiger partial charge in [-0.2, -0.15) is 8.78 Å². The topological polar surface area (TPSA) is 116 Å². The second kappa shape index (κ2) is 12.6. The van der Waals surface area contributed by atoms with Crippen molar-refractivity contribution in [1.29, 1.82) is 0 Å². The van der Waals surface area contributed by atoms with E-state index < -0.39 is 28.5 Å². The Morgan fingerprint density at radius 3 is 2.51 bits per heavy atom. The minimum Gasteiger partial charge on any atom is -0.497 e. The Bertz CT molecular complexity index is 1400. The number of alkyl halides is 2. The van der Waals surface area contributed by atoms with E-state index in [2.05, 4.69) is 0 Å². The van der Waals surface area contributed by atoms with Gasteiger partial charge in [0.25, 0.3) is 0 Å². The van der Waals surface area contributed by atoms with Crippen molar-refractivity contribution in [1.82, 2.24) is 0 Å². The van der Waals surface area contributed by atoms with E-state index in [1.54, 1.807) is 49.6 Å². The van der Waals surface area contributed by atoms with Crippen LogP contribution in [0.2, 0.25) is 0 Å². The summed E-state index contributed by atoms with van der Waals surface area (Å²) in [5, 5.41) is 5.27. The molecule has 2 N–H and O–H groups in total. The van der Waals surface area contributed by atoms with Crippen LogP contribution in [-0.2, 0) is 25.2 Å². The van der Waals surface area contributed by atoms with Gasteiger partial charge in [-0.3, -0.25) is 0 Å². The van der Waals surface area contributed by atoms with E-state index in [0.717, 1.165) is 0 Å². The van der Waals surface area contributed by atoms with E-state index in [0.29, 0.717) is 41.2 Å². The molecule has 39 heavy (non-hydrogen) atoms. The first-order valence-corrected chi connectivity index (χ1v) is 13.7. The number of halogens is 2. The Morgan fingerprint density at radius 2 is 1.79 bits per heavy atom. The van der Waals surface area contributed by atoms with Crippen LogP contribution < -0.4 is 24.1 Å². The first-order valence-electron chi connectivity index (χ1n) is 12.0. The van der Waals surface area contributed by atoms with Crippen molar-refractivity contribution in [3.8, 4) is 34.1 Å². The Balaban J connectivity index is 1.79. The monoisotopic (exact) mass is 565 g/mol. The van der Waals surface area contributed by atoms with Crippen molar-refractivity contribution in [3.63, 3.8) is 0 Å². The van der Waals surface area contributed by atoms with Gasteiger partial charge >= 0.3 is 6.61 Å². The van der Waals surface area contributed by atoms with Crippen LogP contribution in [0.4, 0.5) is 8.78 Å². The van der Waals surface area contributed by atoms with Crippen molar-refractivity contribution in [2.75, 3.05) is 40.6 Å². The molecule has 1 aliphatic heterocycles. The van der Waals surface area contributed by atoms with Gasteiger partial charge in [0.15, 0.2) is 11.5 Å². The molecule has 1 heterocycles. The number of methoxy groups -OCH3 is 2. The summed E-state index contributed by atoms with van der Waals surface area (Å²) in [6, 6.07) is 15.1. The molecule has 0 aliphatic carbocycles. The zero-order valence-corrected chi connectivity index (χ0v) is 22.2. The number of nitrogens with two attached hydrogens (primary N) is 1. The molecule has 1 unspecified atom stereocenters. The van der Waals surface area contributed by atoms with Crippen LogP contribution in [0.3, 0.4) is 0 Å². The lowest BCUT2D eigenvalue weighted by atomic mass is 9.88. The second-order valence-corrected chi connectivity index (χ2v) is 10.2. The number of rotatable bonds is 13. The summed E-state index contributed by atoms with van der Waals surface area (Å²) in [6.07, 6.45) is -0.705. The fourth-order valence-corrected chi connectivity index (χ4v) is 4.94. The summed E-state index contributed by atoms with van der Waals surface area (Å²) in [7, 11) is -0.744. The summed E-state index contributed by atoms with van der Waals surface area (Å²) < 4.78 is 83.5. The standard InChI is InChI=1S/C27H29F2NO8S/c1-33-10-11-35-12-13-36-23-9-8-22-24(26(23)38-27(28)29)20-7-6-17(16-39(30,31)32)14-21(20)25(37-22)18-4-3-5-19(15-18)34-2/h3-9,14-15,25,27H,10-13,16H2,1-2H3,(H2,30,31,32). The smallest absolute Gasteiger partial charge is 0.387 e. The SMILES string of the molecule is COCCOCCOc1ccc2c(c1OC(F)F)-c1ccc(CS(N)(=O)=O)cc1C(c1cccc(OC)c1)O2. The number of benzene rings is 3. The van der Waals surface area contributed by atoms with Crippen LogP contribution in [0, 0.1) is 0 Å². The molecular weight excluding hydrogens is 536 g/mol. The van der Waals surface area contributed by atoms with E-state index >= 15 is 0 Å². The van der Waals surface area contributed by atoms with Crippen molar-refractivity contribution in [2.24, 2.45) is 5.14 Å². The van der Waals surface area contributed by atoms with Gasteiger partial charge in [0.2, 0.25) is 10.0 Å². The Morgan fingerprint density at radius 1 is 1.00 bits per heavy atom. The maximum absolute atomic E-state index is 13.6. The first-order chi connectivity index (χ1) is 18.7. The normalized spacial score (nSPS) is 14.4. The molecule has 12 heteroatoms. The molecule has 0 saturated carbocycles. The predicted octanol–water partition coefficient (Wildman–Crippen LogP) is 4.28. The third kappa shape index (κ3) is 7.15. The van der Waals surface area contributed by atoms with Gasteiger partial charge in [0.05, 0.1) is 38.2 Å². The molecule has 0 radical (unpaired) electrons. The van der Waals surface area contributed by atoms with Gasteiger partial charge in [0.1, 0.15) is 24.2 Å². The molecule has 0 aromatic heterocycles. The number of fused-ring (bicyclic) bond motifs is 3. The first kappa shape index (κ1) is 28.6. The second-order valence-electron chi connectivity index (χ2n) is 8.60. The molecular formula is C27H29F2NO8S. The van der Waals surface area contributed by atoms with E-state index in [1.807, 2.05) is 6.07 Å².